The van der Waals surface area contributed by atoms with Crippen molar-refractivity contribution in [2.24, 2.45) is 0 Å². The maximum Gasteiger partial charge on any atom is 0.241 e. The summed E-state index contributed by atoms with van der Waals surface area (Å²) in [5.41, 5.74) is 1.73. The molecule has 0 aliphatic rings. The van der Waals surface area contributed by atoms with Crippen LogP contribution in [0.25, 0.3) is 0 Å². The molecule has 1 unspecified atom stereocenters. The van der Waals surface area contributed by atoms with E-state index in [1.165, 1.54) is 0 Å². The van der Waals surface area contributed by atoms with Gasteiger partial charge in [-0.05, 0) is 50.8 Å². The van der Waals surface area contributed by atoms with E-state index < -0.39 is 10.0 Å². The molecule has 1 aromatic rings. The lowest BCUT2D eigenvalue weighted by Gasteiger charge is -2.15. The van der Waals surface area contributed by atoms with Crippen LogP contribution in [0, 0.1) is 13.8 Å². The van der Waals surface area contributed by atoms with E-state index in [-0.39, 0.29) is 6.04 Å². The van der Waals surface area contributed by atoms with Crippen LogP contribution in [0.4, 0.5) is 0 Å². The highest BCUT2D eigenvalue weighted by atomic mass is 79.9. The average Bonchev–Trinajstić information content (AvgIpc) is 2.29. The Morgan fingerprint density at radius 2 is 2.00 bits per heavy atom. The van der Waals surface area contributed by atoms with Crippen LogP contribution < -0.4 is 4.72 Å². The summed E-state index contributed by atoms with van der Waals surface area (Å²) in [5, 5.41) is 0.891. The van der Waals surface area contributed by atoms with E-state index in [2.05, 4.69) is 20.7 Å². The van der Waals surface area contributed by atoms with E-state index in [9.17, 15) is 8.42 Å². The molecule has 0 saturated heterocycles. The minimum atomic E-state index is -3.41. The molecule has 0 spiro atoms. The maximum atomic E-state index is 12.3. The van der Waals surface area contributed by atoms with E-state index in [1.54, 1.807) is 6.07 Å². The molecular formula is C13H20BrNO2S. The van der Waals surface area contributed by atoms with E-state index in [1.807, 2.05) is 32.9 Å². The number of hydrogen-bond acceptors (Lipinski definition) is 2. The Hall–Kier alpha value is -0.390. The summed E-state index contributed by atoms with van der Waals surface area (Å²) in [6.07, 6.45) is 1.78. The van der Waals surface area contributed by atoms with Gasteiger partial charge < -0.3 is 0 Å². The van der Waals surface area contributed by atoms with Crippen LogP contribution in [0.5, 0.6) is 0 Å². The molecule has 3 nitrogen and oxygen atoms in total. The highest BCUT2D eigenvalue weighted by Gasteiger charge is 2.19. The summed E-state index contributed by atoms with van der Waals surface area (Å²) in [6.45, 7) is 5.61. The van der Waals surface area contributed by atoms with E-state index in [4.69, 9.17) is 0 Å². The average molecular weight is 334 g/mol. The van der Waals surface area contributed by atoms with Gasteiger partial charge in [-0.2, -0.15) is 0 Å². The Morgan fingerprint density at radius 1 is 1.33 bits per heavy atom. The van der Waals surface area contributed by atoms with Gasteiger partial charge in [-0.1, -0.05) is 28.1 Å². The van der Waals surface area contributed by atoms with Crippen molar-refractivity contribution in [1.29, 1.82) is 0 Å². The quantitative estimate of drug-likeness (QED) is 0.813. The minimum Gasteiger partial charge on any atom is -0.208 e. The molecule has 0 fully saturated rings. The fourth-order valence-electron chi connectivity index (χ4n) is 1.77. The molecule has 1 atom stereocenters. The van der Waals surface area contributed by atoms with Crippen LogP contribution in [0.3, 0.4) is 0 Å². The maximum absolute atomic E-state index is 12.3. The normalized spacial score (nSPS) is 13.6. The van der Waals surface area contributed by atoms with Crippen molar-refractivity contribution in [3.63, 3.8) is 0 Å². The first kappa shape index (κ1) is 15.7. The molecule has 1 N–H and O–H groups in total. The summed E-state index contributed by atoms with van der Waals surface area (Å²) in [4.78, 5) is 0.383. The van der Waals surface area contributed by atoms with E-state index in [0.29, 0.717) is 4.90 Å². The lowest BCUT2D eigenvalue weighted by Crippen LogP contribution is -2.33. The molecule has 18 heavy (non-hydrogen) atoms. The van der Waals surface area contributed by atoms with Crippen molar-refractivity contribution in [2.45, 2.75) is 44.6 Å². The first-order valence-electron chi connectivity index (χ1n) is 6.02. The van der Waals surface area contributed by atoms with Crippen LogP contribution in [0.2, 0.25) is 0 Å². The molecule has 5 heteroatoms. The highest BCUT2D eigenvalue weighted by molar-refractivity contribution is 9.09. The highest BCUT2D eigenvalue weighted by Crippen LogP contribution is 2.17. The van der Waals surface area contributed by atoms with Crippen LogP contribution in [0.1, 0.15) is 30.9 Å². The number of sulfonamides is 1. The van der Waals surface area contributed by atoms with Crippen LogP contribution in [-0.4, -0.2) is 19.8 Å². The standard InChI is InChI=1S/C13H20BrNO2S/c1-10-6-7-11(2)13(9-10)18(16,17)15-12(3)5-4-8-14/h6-7,9,12,15H,4-5,8H2,1-3H3. The van der Waals surface area contributed by atoms with Gasteiger partial charge in [0, 0.05) is 11.4 Å². The predicted octanol–water partition coefficient (Wildman–Crippen LogP) is 3.15. The summed E-state index contributed by atoms with van der Waals surface area (Å²) in [6, 6.07) is 5.43. The second-order valence-electron chi connectivity index (χ2n) is 4.62. The molecule has 1 aromatic carbocycles. The molecule has 1 rings (SSSR count). The van der Waals surface area contributed by atoms with Gasteiger partial charge in [-0.25, -0.2) is 13.1 Å². The Balaban J connectivity index is 2.89. The Bertz CT molecular complexity index is 500. The number of halogens is 1. The van der Waals surface area contributed by atoms with Crippen molar-refractivity contribution in [1.82, 2.24) is 4.72 Å². The van der Waals surface area contributed by atoms with Gasteiger partial charge in [0.25, 0.3) is 0 Å². The number of rotatable bonds is 6. The zero-order chi connectivity index (χ0) is 13.8. The fourth-order valence-corrected chi connectivity index (χ4v) is 3.70. The molecule has 0 bridgehead atoms. The predicted molar refractivity (Wildman–Crippen MR) is 78.7 cm³/mol. The van der Waals surface area contributed by atoms with Crippen LogP contribution >= 0.6 is 15.9 Å². The van der Waals surface area contributed by atoms with E-state index >= 15 is 0 Å². The zero-order valence-electron chi connectivity index (χ0n) is 11.0. The summed E-state index contributed by atoms with van der Waals surface area (Å²) in [5.74, 6) is 0. The monoisotopic (exact) mass is 333 g/mol. The number of aryl methyl sites for hydroxylation is 2. The zero-order valence-corrected chi connectivity index (χ0v) is 13.4. The Labute approximate surface area is 118 Å². The Morgan fingerprint density at radius 3 is 2.61 bits per heavy atom. The number of alkyl halides is 1. The first-order valence-corrected chi connectivity index (χ1v) is 8.63. The molecule has 0 aliphatic heterocycles. The van der Waals surface area contributed by atoms with Gasteiger partial charge in [0.05, 0.1) is 4.90 Å². The number of benzene rings is 1. The number of nitrogens with one attached hydrogen (secondary N) is 1. The second-order valence-corrected chi connectivity index (χ2v) is 7.10. The van der Waals surface area contributed by atoms with E-state index in [0.717, 1.165) is 29.3 Å². The third kappa shape index (κ3) is 4.37. The van der Waals surface area contributed by atoms with Gasteiger partial charge in [-0.3, -0.25) is 0 Å². The molecule has 0 saturated carbocycles. The molecule has 0 heterocycles. The SMILES string of the molecule is Cc1ccc(C)c(S(=O)(=O)NC(C)CCCBr)c1. The lowest BCUT2D eigenvalue weighted by molar-refractivity contribution is 0.544. The lowest BCUT2D eigenvalue weighted by atomic mass is 10.2. The topological polar surface area (TPSA) is 46.2 Å². The van der Waals surface area contributed by atoms with Crippen molar-refractivity contribution in [3.05, 3.63) is 29.3 Å². The summed E-state index contributed by atoms with van der Waals surface area (Å²) in [7, 11) is -3.41. The summed E-state index contributed by atoms with van der Waals surface area (Å²) >= 11 is 3.35. The molecule has 0 radical (unpaired) electrons. The van der Waals surface area contributed by atoms with Gasteiger partial charge in [0.2, 0.25) is 10.0 Å². The van der Waals surface area contributed by atoms with Crippen molar-refractivity contribution in [2.75, 3.05) is 5.33 Å². The van der Waals surface area contributed by atoms with Gasteiger partial charge in [-0.15, -0.1) is 0 Å². The molecular weight excluding hydrogens is 314 g/mol. The van der Waals surface area contributed by atoms with Gasteiger partial charge in [0.15, 0.2) is 0 Å². The molecule has 0 amide bonds. The fraction of sp³-hybridized carbons (Fsp3) is 0.538. The van der Waals surface area contributed by atoms with Crippen LogP contribution in [0.15, 0.2) is 23.1 Å². The Kier molecular flexibility index (Phi) is 5.82. The molecule has 102 valence electrons. The molecule has 0 aliphatic carbocycles. The second kappa shape index (κ2) is 6.68. The van der Waals surface area contributed by atoms with Crippen molar-refractivity contribution in [3.8, 4) is 0 Å². The van der Waals surface area contributed by atoms with Crippen LogP contribution in [-0.2, 0) is 10.0 Å². The third-order valence-corrected chi connectivity index (χ3v) is 5.05. The first-order chi connectivity index (χ1) is 8.36. The smallest absolute Gasteiger partial charge is 0.208 e. The summed E-state index contributed by atoms with van der Waals surface area (Å²) < 4.78 is 27.2. The molecule has 0 aromatic heterocycles. The van der Waals surface area contributed by atoms with Gasteiger partial charge >= 0.3 is 0 Å². The third-order valence-electron chi connectivity index (χ3n) is 2.76. The van der Waals surface area contributed by atoms with Crippen molar-refractivity contribution < 1.29 is 8.42 Å². The van der Waals surface area contributed by atoms with Gasteiger partial charge in [0.1, 0.15) is 0 Å². The van der Waals surface area contributed by atoms with Crippen molar-refractivity contribution >= 4 is 26.0 Å². The largest absolute Gasteiger partial charge is 0.241 e. The minimum absolute atomic E-state index is 0.0486. The number of hydrogen-bond donors (Lipinski definition) is 1.